The summed E-state index contributed by atoms with van der Waals surface area (Å²) in [5.41, 5.74) is 6.38. The van der Waals surface area contributed by atoms with Crippen LogP contribution in [0.4, 0.5) is 4.79 Å². The molecule has 0 radical (unpaired) electrons. The van der Waals surface area contributed by atoms with Gasteiger partial charge in [0.2, 0.25) is 0 Å². The number of aromatic nitrogens is 2. The average molecular weight is 310 g/mol. The molecule has 92 valence electrons. The van der Waals surface area contributed by atoms with Gasteiger partial charge in [0.25, 0.3) is 0 Å². The second-order valence-corrected chi connectivity index (χ2v) is 3.77. The van der Waals surface area contributed by atoms with Crippen molar-refractivity contribution < 1.29 is 76.1 Å². The number of nitrogens with one attached hydrogen (secondary N) is 1. The predicted molar refractivity (Wildman–Crippen MR) is 63.5 cm³/mol. The smallest absolute Gasteiger partial charge is 1.00 e. The number of nitrogens with two attached hydrogens (primary N) is 1. The molecular weight excluding hydrogens is 298 g/mol. The third-order valence-electron chi connectivity index (χ3n) is 1.15. The zero-order chi connectivity index (χ0) is 12.2. The zero-order valence-electron chi connectivity index (χ0n) is 12.1. The average Bonchev–Trinajstić information content (AvgIpc) is 2.72. The van der Waals surface area contributed by atoms with Crippen molar-refractivity contribution in [3.8, 4) is 5.40 Å². The number of aromatic amines is 1. The van der Waals surface area contributed by atoms with E-state index in [1.54, 1.807) is 17.9 Å². The number of hydrogen-bond donors (Lipinski definition) is 3. The summed E-state index contributed by atoms with van der Waals surface area (Å²) >= 11 is 0.517. The van der Waals surface area contributed by atoms with E-state index in [-0.39, 0.29) is 62.0 Å². The topological polar surface area (TPSA) is 125 Å². The Morgan fingerprint density at radius 2 is 2.39 bits per heavy atom. The van der Waals surface area contributed by atoms with E-state index in [1.165, 1.54) is 0 Å². The number of thiocyanates is 1. The molecule has 1 aromatic rings. The quantitative estimate of drug-likeness (QED) is 0.167. The minimum Gasteiger partial charge on any atom is -1.00 e. The van der Waals surface area contributed by atoms with Gasteiger partial charge in [0.15, 0.2) is 0 Å². The van der Waals surface area contributed by atoms with Crippen molar-refractivity contribution in [2.24, 2.45) is 5.73 Å². The van der Waals surface area contributed by atoms with Crippen LogP contribution in [0.15, 0.2) is 12.5 Å². The molecule has 0 spiro atoms. The molecule has 4 N–H and O–H groups in total. The van der Waals surface area contributed by atoms with E-state index < -0.39 is 6.16 Å². The zero-order valence-corrected chi connectivity index (χ0v) is 15.8. The first-order chi connectivity index (χ1) is 7.70. The minimum atomic E-state index is -1.39. The normalized spacial score (nSPS) is 7.56. The Hall–Kier alpha value is 0.630. The fourth-order valence-corrected chi connectivity index (χ4v) is 1.13. The van der Waals surface area contributed by atoms with Crippen molar-refractivity contribution in [1.82, 2.24) is 9.97 Å². The van der Waals surface area contributed by atoms with Gasteiger partial charge in [0.05, 0.1) is 17.1 Å². The van der Waals surface area contributed by atoms with E-state index in [0.29, 0.717) is 28.4 Å². The maximum absolute atomic E-state index is 9.51. The van der Waals surface area contributed by atoms with Crippen molar-refractivity contribution >= 4 is 28.0 Å². The summed E-state index contributed by atoms with van der Waals surface area (Å²) in [5.74, 6) is 0. The van der Waals surface area contributed by atoms with Gasteiger partial charge in [-0.3, -0.25) is 0 Å². The largest absolute Gasteiger partial charge is 1.00 e. The molecule has 0 saturated carbocycles. The summed E-state index contributed by atoms with van der Waals surface area (Å²) < 4.78 is 3.86. The van der Waals surface area contributed by atoms with Crippen LogP contribution in [-0.4, -0.2) is 27.8 Å². The summed E-state index contributed by atoms with van der Waals surface area (Å²) in [7, 11) is 0.656. The molecule has 1 heterocycles. The van der Waals surface area contributed by atoms with Crippen LogP contribution >= 0.6 is 21.9 Å². The molecule has 18 heavy (non-hydrogen) atoms. The van der Waals surface area contributed by atoms with Crippen LogP contribution < -0.4 is 64.8 Å². The maximum Gasteiger partial charge on any atom is 1.00 e. The van der Waals surface area contributed by atoms with Gasteiger partial charge in [-0.05, 0) is 6.54 Å². The number of hydrogen-bond acceptors (Lipinski definition) is 7. The Labute approximate surface area is 160 Å². The van der Waals surface area contributed by atoms with Crippen LogP contribution in [0.2, 0.25) is 0 Å². The second-order valence-electron chi connectivity index (χ2n) is 2.21. The molecule has 0 saturated heterocycles. The number of carbonyl (C=O) groups is 1. The number of H-pyrrole nitrogens is 1. The summed E-state index contributed by atoms with van der Waals surface area (Å²) in [6, 6.07) is 0. The van der Waals surface area contributed by atoms with E-state index in [1.807, 2.05) is 0 Å². The molecule has 0 fully saturated rings. The Balaban J connectivity index is -0.0000000625. The van der Waals surface area contributed by atoms with Gasteiger partial charge in [-0.2, -0.15) is 5.26 Å². The second kappa shape index (κ2) is 17.6. The summed E-state index contributed by atoms with van der Waals surface area (Å²) in [6.07, 6.45) is 2.94. The van der Waals surface area contributed by atoms with Gasteiger partial charge in [-0.15, -0.1) is 0 Å². The molecule has 0 aliphatic carbocycles. The SMILES string of the molecule is N#CSSOC(=O)O.NCCc1cnc[nH]1.[H-].[H-].[Na+].[Na+]. The Morgan fingerprint density at radius 1 is 1.72 bits per heavy atom. The number of imidazole rings is 1. The van der Waals surface area contributed by atoms with Crippen LogP contribution in [0.3, 0.4) is 0 Å². The van der Waals surface area contributed by atoms with Gasteiger partial charge < -0.3 is 22.9 Å². The van der Waals surface area contributed by atoms with Crippen LogP contribution in [0, 0.1) is 10.7 Å². The third-order valence-corrected chi connectivity index (χ3v) is 2.13. The number of carboxylic acid groups (broad SMARTS) is 1. The van der Waals surface area contributed by atoms with Crippen LogP contribution in [0.25, 0.3) is 0 Å². The van der Waals surface area contributed by atoms with Crippen molar-refractivity contribution in [3.05, 3.63) is 18.2 Å². The van der Waals surface area contributed by atoms with Crippen molar-refractivity contribution in [2.75, 3.05) is 6.54 Å². The maximum atomic E-state index is 9.51. The summed E-state index contributed by atoms with van der Waals surface area (Å²) in [5, 5.41) is 17.2. The molecule has 7 nitrogen and oxygen atoms in total. The first-order valence-corrected chi connectivity index (χ1v) is 6.07. The van der Waals surface area contributed by atoms with Crippen LogP contribution in [-0.2, 0) is 10.6 Å². The van der Waals surface area contributed by atoms with Crippen LogP contribution in [0.1, 0.15) is 8.55 Å². The standard InChI is InChI=1S/C5H9N3.C2HNO3S2.2Na.2H/c6-2-1-5-3-7-4-8-5;3-1-7-8-6-2(4)5;;;;/h3-4H,1-2,6H2,(H,7,8);(H,4,5);;;;/q;;2*+1;2*-1. The molecule has 0 amide bonds. The van der Waals surface area contributed by atoms with Crippen molar-refractivity contribution in [2.45, 2.75) is 6.42 Å². The molecular formula is C7H12N4Na2O3S2. The van der Waals surface area contributed by atoms with Gasteiger partial charge >= 0.3 is 65.3 Å². The molecule has 0 bridgehead atoms. The van der Waals surface area contributed by atoms with E-state index in [9.17, 15) is 4.79 Å². The van der Waals surface area contributed by atoms with Crippen molar-refractivity contribution in [1.29, 1.82) is 5.26 Å². The van der Waals surface area contributed by atoms with E-state index in [4.69, 9.17) is 16.1 Å². The molecule has 0 aromatic carbocycles. The summed E-state index contributed by atoms with van der Waals surface area (Å²) in [6.45, 7) is 0.683. The molecule has 1 aromatic heterocycles. The summed E-state index contributed by atoms with van der Waals surface area (Å²) in [4.78, 5) is 16.3. The molecule has 0 unspecified atom stereocenters. The fourth-order valence-electron chi connectivity index (χ4n) is 0.638. The number of rotatable bonds is 4. The monoisotopic (exact) mass is 310 g/mol. The molecule has 0 aliphatic rings. The van der Waals surface area contributed by atoms with Gasteiger partial charge in [-0.1, -0.05) is 0 Å². The minimum absolute atomic E-state index is 0. The van der Waals surface area contributed by atoms with Gasteiger partial charge in [-0.25, -0.2) is 9.78 Å². The molecule has 11 heteroatoms. The first-order valence-electron chi connectivity index (χ1n) is 4.00. The Morgan fingerprint density at radius 3 is 2.78 bits per heavy atom. The molecule has 1 rings (SSSR count). The van der Waals surface area contributed by atoms with E-state index in [2.05, 4.69) is 14.2 Å². The van der Waals surface area contributed by atoms with Crippen molar-refractivity contribution in [3.63, 3.8) is 0 Å². The van der Waals surface area contributed by atoms with E-state index >= 15 is 0 Å². The Kier molecular flexibility index (Phi) is 23.2. The van der Waals surface area contributed by atoms with Gasteiger partial charge in [0, 0.05) is 18.3 Å². The Bertz CT molecular complexity index is 343. The first kappa shape index (κ1) is 23.7. The van der Waals surface area contributed by atoms with Gasteiger partial charge in [0.1, 0.15) is 16.5 Å². The van der Waals surface area contributed by atoms with Crippen LogP contribution in [0.5, 0.6) is 0 Å². The molecule has 0 atom stereocenters. The number of nitrogens with zero attached hydrogens (tertiary/aromatic N) is 2. The predicted octanol–water partition coefficient (Wildman–Crippen LogP) is -4.40. The number of nitriles is 1. The fraction of sp³-hybridized carbons (Fsp3) is 0.286. The van der Waals surface area contributed by atoms with E-state index in [0.717, 1.165) is 12.1 Å². The third kappa shape index (κ3) is 16.6. The molecule has 0 aliphatic heterocycles.